The van der Waals surface area contributed by atoms with Crippen molar-refractivity contribution in [1.29, 1.82) is 0 Å². The van der Waals surface area contributed by atoms with Crippen LogP contribution in [-0.2, 0) is 104 Å². The molecule has 102 heavy (non-hydrogen) atoms. The van der Waals surface area contributed by atoms with E-state index in [9.17, 15) is 19.5 Å². The fourth-order valence-corrected chi connectivity index (χ4v) is 12.6. The molecule has 4 aliphatic rings. The smallest absolute Gasteiger partial charge is 0.338 e. The Morgan fingerprint density at radius 1 is 0.373 bits per heavy atom. The number of aliphatic hydroxyl groups is 1. The van der Waals surface area contributed by atoms with Crippen LogP contribution in [0.25, 0.3) is 0 Å². The molecule has 20 heteroatoms. The third-order valence-corrected chi connectivity index (χ3v) is 17.9. The van der Waals surface area contributed by atoms with Crippen molar-refractivity contribution in [2.75, 3.05) is 26.9 Å². The second-order valence-corrected chi connectivity index (χ2v) is 24.9. The van der Waals surface area contributed by atoms with Gasteiger partial charge in [0, 0.05) is 5.56 Å². The molecular weight excluding hydrogens is 1300 g/mol. The SMILES string of the molecule is COc1ccc(C(=O)O[C@H]2[C@H](OC[C@H]3O[C@@H](O[C@@H]4[C@@H](OC(=O)c5ccccc5)[C@H](OCc5ccccc5)O[C@@H]5CO[C@@H](c6ccccc6)O[C@@H]45)[C@H](OC(=O)c4ccccc4)[C@@H](O)[C@@H]3OCc3ccccc3)O[C@H](COCc3ccccc3)[C@@H](OCc3ccccc3)[C@@H]2OCc2ccccc2)cc1. The quantitative estimate of drug-likeness (QED) is 0.0340. The van der Waals surface area contributed by atoms with Crippen molar-refractivity contribution < 1.29 is 95.3 Å². The zero-order valence-corrected chi connectivity index (χ0v) is 56.0. The molecular formula is C82H80O20. The van der Waals surface area contributed by atoms with E-state index in [4.69, 9.17) is 75.8 Å². The maximum Gasteiger partial charge on any atom is 0.338 e. The molecule has 0 aliphatic carbocycles. The van der Waals surface area contributed by atoms with Crippen molar-refractivity contribution >= 4 is 17.9 Å². The van der Waals surface area contributed by atoms with Gasteiger partial charge in [0.2, 0.25) is 0 Å². The van der Waals surface area contributed by atoms with Crippen LogP contribution in [0.1, 0.15) is 70.7 Å². The summed E-state index contributed by atoms with van der Waals surface area (Å²) in [6, 6.07) is 79.8. The Bertz CT molecular complexity index is 4000. The number of ether oxygens (including phenoxy) is 16. The minimum Gasteiger partial charge on any atom is -0.497 e. The summed E-state index contributed by atoms with van der Waals surface area (Å²) in [5.41, 5.74) is 5.24. The Kier molecular flexibility index (Phi) is 24.7. The van der Waals surface area contributed by atoms with Gasteiger partial charge in [0.1, 0.15) is 60.7 Å². The van der Waals surface area contributed by atoms with Gasteiger partial charge in [0.15, 0.2) is 43.5 Å². The normalized spacial score (nSPS) is 26.2. The predicted molar refractivity (Wildman–Crippen MR) is 369 cm³/mol. The molecule has 0 bridgehead atoms. The highest BCUT2D eigenvalue weighted by Gasteiger charge is 2.58. The largest absolute Gasteiger partial charge is 0.497 e. The van der Waals surface area contributed by atoms with Crippen molar-refractivity contribution in [2.45, 2.75) is 131 Å². The molecule has 4 fully saturated rings. The summed E-state index contributed by atoms with van der Waals surface area (Å²) in [5.74, 6) is -1.85. The zero-order chi connectivity index (χ0) is 69.8. The number of esters is 3. The van der Waals surface area contributed by atoms with Crippen molar-refractivity contribution in [2.24, 2.45) is 0 Å². The number of fused-ring (bicyclic) bond motifs is 1. The fraction of sp³-hybridized carbons (Fsp3) is 0.305. The lowest BCUT2D eigenvalue weighted by Crippen LogP contribution is -2.67. The van der Waals surface area contributed by atoms with Gasteiger partial charge in [-0.25, -0.2) is 14.4 Å². The van der Waals surface area contributed by atoms with Gasteiger partial charge < -0.3 is 80.9 Å². The summed E-state index contributed by atoms with van der Waals surface area (Å²) < 4.78 is 108. The lowest BCUT2D eigenvalue weighted by molar-refractivity contribution is -0.395. The first kappa shape index (κ1) is 71.1. The number of carbonyl (C=O) groups excluding carboxylic acids is 3. The average Bonchev–Trinajstić information content (AvgIpc) is 0.763. The van der Waals surface area contributed by atoms with Crippen LogP contribution in [0, 0.1) is 0 Å². The van der Waals surface area contributed by atoms with E-state index < -0.39 is 123 Å². The molecule has 9 aromatic carbocycles. The number of hydrogen-bond donors (Lipinski definition) is 1. The average molecular weight is 1390 g/mol. The molecule has 4 saturated heterocycles. The fourth-order valence-electron chi connectivity index (χ4n) is 12.6. The first-order valence-corrected chi connectivity index (χ1v) is 34.0. The minimum absolute atomic E-state index is 0.00312. The van der Waals surface area contributed by atoms with E-state index >= 15 is 0 Å². The Balaban J connectivity index is 0.900. The summed E-state index contributed by atoms with van der Waals surface area (Å²) in [4.78, 5) is 44.2. The monoisotopic (exact) mass is 1380 g/mol. The van der Waals surface area contributed by atoms with Crippen LogP contribution in [0.2, 0.25) is 0 Å². The molecule has 0 saturated carbocycles. The highest BCUT2D eigenvalue weighted by molar-refractivity contribution is 5.90. The van der Waals surface area contributed by atoms with E-state index in [1.165, 1.54) is 7.11 Å². The minimum atomic E-state index is -1.79. The topological polar surface area (TPSA) is 219 Å². The lowest BCUT2D eigenvalue weighted by atomic mass is 9.95. The summed E-state index contributed by atoms with van der Waals surface area (Å²) in [5, 5.41) is 13.4. The van der Waals surface area contributed by atoms with Gasteiger partial charge in [-0.15, -0.1) is 0 Å². The van der Waals surface area contributed by atoms with E-state index in [0.717, 1.165) is 27.8 Å². The molecule has 13 rings (SSSR count). The Morgan fingerprint density at radius 2 is 0.775 bits per heavy atom. The zero-order valence-electron chi connectivity index (χ0n) is 56.0. The van der Waals surface area contributed by atoms with Crippen LogP contribution < -0.4 is 4.74 Å². The lowest BCUT2D eigenvalue weighted by Gasteiger charge is -2.51. The Labute approximate surface area is 591 Å². The van der Waals surface area contributed by atoms with Crippen molar-refractivity contribution in [3.05, 3.63) is 317 Å². The Hall–Kier alpha value is -9.33. The molecule has 4 heterocycles. The van der Waals surface area contributed by atoms with Crippen LogP contribution in [0.5, 0.6) is 5.75 Å². The first-order valence-electron chi connectivity index (χ1n) is 34.0. The van der Waals surface area contributed by atoms with E-state index in [0.29, 0.717) is 11.3 Å². The standard InChI is InChI=1S/C82H80O20/c1-87-63-44-42-61(43-45-63)78(86)99-74-72(91-49-57-32-16-5-17-33-57)69(90-48-56-30-14-4-15-31-56)64(51-88-46-54-26-10-2-11-27-54)95-80(74)94-52-65-68(89-47-55-28-12-3-13-29-55)67(83)71(98-76(84)59-36-20-7-21-37-59)82(97-65)102-73-70-66(53-93-79(101-70)62-40-24-9-25-41-62)96-81(92-50-58-34-18-6-19-35-58)75(73)100-77(85)60-38-22-8-23-39-60/h2-45,64-75,79-83H,46-53H2,1H3/t64-,65-,66-,67+,68-,69-,70-,71-,72+,73+,74-,75-,79-,80-,81-,82+/m1/s1. The van der Waals surface area contributed by atoms with E-state index in [1.54, 1.807) is 84.9 Å². The van der Waals surface area contributed by atoms with Crippen molar-refractivity contribution in [3.63, 3.8) is 0 Å². The number of benzene rings is 9. The predicted octanol–water partition coefficient (Wildman–Crippen LogP) is 11.9. The Morgan fingerprint density at radius 3 is 1.28 bits per heavy atom. The van der Waals surface area contributed by atoms with Gasteiger partial charge in [0.25, 0.3) is 0 Å². The molecule has 0 amide bonds. The van der Waals surface area contributed by atoms with Crippen LogP contribution in [-0.4, -0.2) is 142 Å². The molecule has 0 unspecified atom stereocenters. The van der Waals surface area contributed by atoms with Gasteiger partial charge in [0.05, 0.1) is 76.7 Å². The number of carbonyl (C=O) groups is 3. The van der Waals surface area contributed by atoms with Crippen molar-refractivity contribution in [3.8, 4) is 5.75 Å². The summed E-state index contributed by atoms with van der Waals surface area (Å²) in [6.45, 7) is -0.397. The van der Waals surface area contributed by atoms with Crippen molar-refractivity contribution in [1.82, 2.24) is 0 Å². The maximum absolute atomic E-state index is 14.9. The second kappa shape index (κ2) is 35.5. The molecule has 16 atom stereocenters. The third-order valence-electron chi connectivity index (χ3n) is 17.9. The summed E-state index contributed by atoms with van der Waals surface area (Å²) in [6.07, 6.45) is -21.5. The van der Waals surface area contributed by atoms with Gasteiger partial charge in [-0.3, -0.25) is 0 Å². The first-order chi connectivity index (χ1) is 50.2. The van der Waals surface area contributed by atoms with Crippen LogP contribution in [0.4, 0.5) is 0 Å². The number of rotatable bonds is 29. The highest BCUT2D eigenvalue weighted by Crippen LogP contribution is 2.41. The number of hydrogen-bond acceptors (Lipinski definition) is 20. The van der Waals surface area contributed by atoms with Crippen LogP contribution >= 0.6 is 0 Å². The maximum atomic E-state index is 14.9. The van der Waals surface area contributed by atoms with E-state index in [1.807, 2.05) is 182 Å². The molecule has 1 N–H and O–H groups in total. The van der Waals surface area contributed by atoms with Crippen LogP contribution in [0.3, 0.4) is 0 Å². The van der Waals surface area contributed by atoms with E-state index in [2.05, 4.69) is 0 Å². The second-order valence-electron chi connectivity index (χ2n) is 24.9. The molecule has 4 aliphatic heterocycles. The molecule has 9 aromatic rings. The number of methoxy groups -OCH3 is 1. The molecule has 528 valence electrons. The summed E-state index contributed by atoms with van der Waals surface area (Å²) in [7, 11) is 1.53. The molecule has 0 aromatic heterocycles. The van der Waals surface area contributed by atoms with Crippen LogP contribution in [0.15, 0.2) is 267 Å². The van der Waals surface area contributed by atoms with Gasteiger partial charge in [-0.2, -0.15) is 0 Å². The third kappa shape index (κ3) is 18.5. The molecule has 0 radical (unpaired) electrons. The molecule has 20 nitrogen and oxygen atoms in total. The van der Waals surface area contributed by atoms with Gasteiger partial charge in [-0.05, 0) is 76.3 Å². The number of aliphatic hydroxyl groups excluding tert-OH is 1. The van der Waals surface area contributed by atoms with Gasteiger partial charge in [-0.1, -0.05) is 218 Å². The summed E-state index contributed by atoms with van der Waals surface area (Å²) >= 11 is 0. The van der Waals surface area contributed by atoms with E-state index in [-0.39, 0.29) is 62.9 Å². The van der Waals surface area contributed by atoms with Gasteiger partial charge >= 0.3 is 17.9 Å². The molecule has 0 spiro atoms. The highest BCUT2D eigenvalue weighted by atomic mass is 16.8.